The fourth-order valence-electron chi connectivity index (χ4n) is 2.66. The molecule has 4 nitrogen and oxygen atoms in total. The van der Waals surface area contributed by atoms with E-state index >= 15 is 0 Å². The number of hydrogen-bond acceptors (Lipinski definition) is 5. The fraction of sp³-hybridized carbons (Fsp3) is 0.118. The average Bonchev–Trinajstić information content (AvgIpc) is 2.88. The first-order valence-corrected chi connectivity index (χ1v) is 7.87. The lowest BCUT2D eigenvalue weighted by molar-refractivity contribution is 1.22. The fourth-order valence-corrected chi connectivity index (χ4v) is 3.85. The van der Waals surface area contributed by atoms with E-state index in [4.69, 9.17) is 0 Å². The van der Waals surface area contributed by atoms with Gasteiger partial charge in [0.1, 0.15) is 11.2 Å². The van der Waals surface area contributed by atoms with Crippen molar-refractivity contribution in [2.75, 3.05) is 5.32 Å². The van der Waals surface area contributed by atoms with Crippen LogP contribution in [0.2, 0.25) is 0 Å². The highest BCUT2D eigenvalue weighted by atomic mass is 32.1. The third-order valence-electron chi connectivity index (χ3n) is 3.59. The molecular weight excluding hydrogens is 292 g/mol. The Hall–Kier alpha value is -2.53. The SMILES string of the molecule is Cc1cc(C)c2c(n1)sc1c(Nc3ccccc3)ncnc12. The normalized spacial score (nSPS) is 11.2. The summed E-state index contributed by atoms with van der Waals surface area (Å²) in [6.45, 7) is 4.13. The molecule has 0 bridgehead atoms. The summed E-state index contributed by atoms with van der Waals surface area (Å²) < 4.78 is 1.04. The zero-order valence-corrected chi connectivity index (χ0v) is 13.1. The number of aryl methyl sites for hydroxylation is 2. The molecule has 0 saturated heterocycles. The summed E-state index contributed by atoms with van der Waals surface area (Å²) >= 11 is 1.64. The van der Waals surface area contributed by atoms with Gasteiger partial charge in [-0.05, 0) is 37.6 Å². The molecule has 0 aliphatic rings. The Morgan fingerprint density at radius 2 is 1.86 bits per heavy atom. The molecule has 0 saturated carbocycles. The third-order valence-corrected chi connectivity index (χ3v) is 4.67. The quantitative estimate of drug-likeness (QED) is 0.588. The second-order valence-electron chi connectivity index (χ2n) is 5.25. The van der Waals surface area contributed by atoms with Crippen LogP contribution in [0, 0.1) is 13.8 Å². The summed E-state index contributed by atoms with van der Waals surface area (Å²) in [5, 5.41) is 4.50. The van der Waals surface area contributed by atoms with Gasteiger partial charge in [-0.3, -0.25) is 0 Å². The van der Waals surface area contributed by atoms with E-state index in [-0.39, 0.29) is 0 Å². The Morgan fingerprint density at radius 3 is 2.68 bits per heavy atom. The maximum absolute atomic E-state index is 4.64. The summed E-state index contributed by atoms with van der Waals surface area (Å²) in [6, 6.07) is 12.1. The monoisotopic (exact) mass is 306 g/mol. The summed E-state index contributed by atoms with van der Waals surface area (Å²) in [4.78, 5) is 14.6. The van der Waals surface area contributed by atoms with Crippen molar-refractivity contribution in [1.29, 1.82) is 0 Å². The molecule has 4 aromatic rings. The minimum atomic E-state index is 0.830. The minimum Gasteiger partial charge on any atom is -0.339 e. The van der Waals surface area contributed by atoms with Crippen LogP contribution in [-0.4, -0.2) is 15.0 Å². The van der Waals surface area contributed by atoms with Gasteiger partial charge in [0.25, 0.3) is 0 Å². The van der Waals surface area contributed by atoms with Crippen molar-refractivity contribution in [2.45, 2.75) is 13.8 Å². The van der Waals surface area contributed by atoms with Gasteiger partial charge in [-0.15, -0.1) is 11.3 Å². The van der Waals surface area contributed by atoms with Crippen molar-refractivity contribution in [3.8, 4) is 0 Å². The van der Waals surface area contributed by atoms with E-state index in [0.29, 0.717) is 0 Å². The van der Waals surface area contributed by atoms with E-state index in [1.54, 1.807) is 17.7 Å². The first kappa shape index (κ1) is 13.2. The maximum atomic E-state index is 4.64. The van der Waals surface area contributed by atoms with E-state index in [9.17, 15) is 0 Å². The lowest BCUT2D eigenvalue weighted by Crippen LogP contribution is -1.94. The molecule has 0 radical (unpaired) electrons. The molecule has 1 N–H and O–H groups in total. The molecule has 0 amide bonds. The van der Waals surface area contributed by atoms with Gasteiger partial charge in [0.05, 0.1) is 10.2 Å². The summed E-state index contributed by atoms with van der Waals surface area (Å²) in [7, 11) is 0. The maximum Gasteiger partial charge on any atom is 0.151 e. The van der Waals surface area contributed by atoms with Crippen molar-refractivity contribution < 1.29 is 0 Å². The smallest absolute Gasteiger partial charge is 0.151 e. The topological polar surface area (TPSA) is 50.7 Å². The van der Waals surface area contributed by atoms with Gasteiger partial charge >= 0.3 is 0 Å². The predicted octanol–water partition coefficient (Wildman–Crippen LogP) is 4.60. The molecule has 3 aromatic heterocycles. The Bertz CT molecular complexity index is 976. The number of nitrogens with zero attached hydrogens (tertiary/aromatic N) is 3. The van der Waals surface area contributed by atoms with Gasteiger partial charge < -0.3 is 5.32 Å². The van der Waals surface area contributed by atoms with Crippen LogP contribution in [0.15, 0.2) is 42.7 Å². The molecule has 108 valence electrons. The number of anilines is 2. The van der Waals surface area contributed by atoms with E-state index in [1.165, 1.54) is 5.56 Å². The number of pyridine rings is 1. The number of nitrogens with one attached hydrogen (secondary N) is 1. The number of aromatic nitrogens is 3. The molecule has 4 rings (SSSR count). The molecular formula is C17H14N4S. The highest BCUT2D eigenvalue weighted by molar-refractivity contribution is 7.26. The highest BCUT2D eigenvalue weighted by Gasteiger charge is 2.14. The lowest BCUT2D eigenvalue weighted by Gasteiger charge is -2.05. The van der Waals surface area contributed by atoms with Gasteiger partial charge in [-0.2, -0.15) is 0 Å². The highest BCUT2D eigenvalue weighted by Crippen LogP contribution is 2.37. The van der Waals surface area contributed by atoms with Gasteiger partial charge in [-0.25, -0.2) is 15.0 Å². The molecule has 0 aliphatic carbocycles. The van der Waals surface area contributed by atoms with Gasteiger partial charge in [0, 0.05) is 16.8 Å². The van der Waals surface area contributed by atoms with Crippen molar-refractivity contribution in [3.05, 3.63) is 54.0 Å². The summed E-state index contributed by atoms with van der Waals surface area (Å²) in [5.74, 6) is 0.830. The van der Waals surface area contributed by atoms with E-state index < -0.39 is 0 Å². The van der Waals surface area contributed by atoms with Crippen LogP contribution < -0.4 is 5.32 Å². The Labute approximate surface area is 131 Å². The van der Waals surface area contributed by atoms with Crippen molar-refractivity contribution in [1.82, 2.24) is 15.0 Å². The number of fused-ring (bicyclic) bond motifs is 3. The molecule has 0 aliphatic heterocycles. The van der Waals surface area contributed by atoms with Crippen LogP contribution in [0.25, 0.3) is 20.4 Å². The first-order chi connectivity index (χ1) is 10.7. The van der Waals surface area contributed by atoms with Crippen LogP contribution in [0.1, 0.15) is 11.3 Å². The Kier molecular flexibility index (Phi) is 3.01. The molecule has 5 heteroatoms. The van der Waals surface area contributed by atoms with Gasteiger partial charge in [-0.1, -0.05) is 18.2 Å². The summed E-state index contributed by atoms with van der Waals surface area (Å²) in [6.07, 6.45) is 1.61. The Morgan fingerprint density at radius 1 is 1.05 bits per heavy atom. The lowest BCUT2D eigenvalue weighted by atomic mass is 10.1. The third kappa shape index (κ3) is 2.10. The molecule has 3 heterocycles. The summed E-state index contributed by atoms with van der Waals surface area (Å²) in [5.41, 5.74) is 4.22. The largest absolute Gasteiger partial charge is 0.339 e. The molecule has 0 unspecified atom stereocenters. The van der Waals surface area contributed by atoms with E-state index in [2.05, 4.69) is 33.3 Å². The zero-order valence-electron chi connectivity index (χ0n) is 12.3. The van der Waals surface area contributed by atoms with E-state index in [1.807, 2.05) is 37.3 Å². The molecule has 0 spiro atoms. The van der Waals surface area contributed by atoms with E-state index in [0.717, 1.165) is 37.6 Å². The van der Waals surface area contributed by atoms with Gasteiger partial charge in [0.15, 0.2) is 5.82 Å². The Balaban J connectivity index is 1.95. The van der Waals surface area contributed by atoms with Crippen LogP contribution in [0.3, 0.4) is 0 Å². The molecule has 1 aromatic carbocycles. The standard InChI is InChI=1S/C17H14N4S/c1-10-8-11(2)20-17-13(10)14-15(22-17)16(19-9-18-14)21-12-6-4-3-5-7-12/h3-9H,1-2H3,(H,18,19,21). The molecule has 22 heavy (non-hydrogen) atoms. The number of hydrogen-bond donors (Lipinski definition) is 1. The van der Waals surface area contributed by atoms with Crippen LogP contribution in [0.5, 0.6) is 0 Å². The predicted molar refractivity (Wildman–Crippen MR) is 91.9 cm³/mol. The number of rotatable bonds is 2. The van der Waals surface area contributed by atoms with Gasteiger partial charge in [0.2, 0.25) is 0 Å². The van der Waals surface area contributed by atoms with Crippen molar-refractivity contribution in [3.63, 3.8) is 0 Å². The van der Waals surface area contributed by atoms with Crippen molar-refractivity contribution >= 4 is 43.3 Å². The number of para-hydroxylation sites is 1. The number of benzene rings is 1. The molecule has 0 fully saturated rings. The zero-order chi connectivity index (χ0) is 15.1. The minimum absolute atomic E-state index is 0.830. The first-order valence-electron chi connectivity index (χ1n) is 7.06. The second kappa shape index (κ2) is 5.03. The molecule has 0 atom stereocenters. The number of thiophene rings is 1. The van der Waals surface area contributed by atoms with Crippen LogP contribution in [0.4, 0.5) is 11.5 Å². The van der Waals surface area contributed by atoms with Crippen LogP contribution >= 0.6 is 11.3 Å². The van der Waals surface area contributed by atoms with Crippen LogP contribution in [-0.2, 0) is 0 Å². The average molecular weight is 306 g/mol. The van der Waals surface area contributed by atoms with Crippen molar-refractivity contribution in [2.24, 2.45) is 0 Å². The second-order valence-corrected chi connectivity index (χ2v) is 6.25.